The summed E-state index contributed by atoms with van der Waals surface area (Å²) in [6.07, 6.45) is 4.11. The molecule has 0 amide bonds. The third-order valence-corrected chi connectivity index (χ3v) is 3.77. The van der Waals surface area contributed by atoms with E-state index in [1.807, 2.05) is 4.68 Å². The summed E-state index contributed by atoms with van der Waals surface area (Å²) in [6, 6.07) is 9.11. The number of rotatable bonds is 6. The number of nitrogens with one attached hydrogen (secondary N) is 1. The third-order valence-electron chi connectivity index (χ3n) is 3.77. The average Bonchev–Trinajstić information content (AvgIpc) is 3.11. The maximum Gasteiger partial charge on any atom is 0.122 e. The van der Waals surface area contributed by atoms with Crippen LogP contribution in [0.1, 0.15) is 30.7 Å². The molecule has 0 spiro atoms. The van der Waals surface area contributed by atoms with Crippen molar-refractivity contribution in [3.8, 4) is 5.75 Å². The highest BCUT2D eigenvalue weighted by atomic mass is 16.5. The van der Waals surface area contributed by atoms with Gasteiger partial charge >= 0.3 is 0 Å². The minimum atomic E-state index is 0.490. The minimum Gasteiger partial charge on any atom is -0.493 e. The van der Waals surface area contributed by atoms with Crippen molar-refractivity contribution < 1.29 is 4.74 Å². The van der Waals surface area contributed by atoms with Gasteiger partial charge < -0.3 is 10.1 Å². The van der Waals surface area contributed by atoms with Crippen molar-refractivity contribution in [1.82, 2.24) is 15.1 Å². The van der Waals surface area contributed by atoms with E-state index in [2.05, 4.69) is 54.7 Å². The molecule has 4 nitrogen and oxygen atoms in total. The highest BCUT2D eigenvalue weighted by molar-refractivity contribution is 5.39. The van der Waals surface area contributed by atoms with E-state index in [1.165, 1.54) is 11.1 Å². The monoisotopic (exact) mass is 285 g/mol. The van der Waals surface area contributed by atoms with Crippen LogP contribution in [0, 0.1) is 0 Å². The Hall–Kier alpha value is -1.81. The van der Waals surface area contributed by atoms with Gasteiger partial charge in [0.05, 0.1) is 12.3 Å². The van der Waals surface area contributed by atoms with Gasteiger partial charge in [0, 0.05) is 31.7 Å². The number of ether oxygens (including phenoxy) is 1. The zero-order chi connectivity index (χ0) is 14.7. The quantitative estimate of drug-likeness (QED) is 0.886. The van der Waals surface area contributed by atoms with Crippen LogP contribution < -0.4 is 10.1 Å². The van der Waals surface area contributed by atoms with Gasteiger partial charge in [-0.15, -0.1) is 0 Å². The Morgan fingerprint density at radius 1 is 1.33 bits per heavy atom. The Labute approximate surface area is 126 Å². The van der Waals surface area contributed by atoms with E-state index in [1.54, 1.807) is 0 Å². The van der Waals surface area contributed by atoms with Gasteiger partial charge in [0.15, 0.2) is 0 Å². The first-order valence-electron chi connectivity index (χ1n) is 7.71. The topological polar surface area (TPSA) is 39.1 Å². The molecule has 0 atom stereocenters. The predicted molar refractivity (Wildman–Crippen MR) is 83.5 cm³/mol. The summed E-state index contributed by atoms with van der Waals surface area (Å²) in [4.78, 5) is 0. The number of hydrogen-bond acceptors (Lipinski definition) is 3. The molecule has 1 N–H and O–H groups in total. The molecular formula is C17H23N3O. The Kier molecular flexibility index (Phi) is 4.25. The van der Waals surface area contributed by atoms with E-state index >= 15 is 0 Å². The minimum absolute atomic E-state index is 0.490. The molecule has 1 aliphatic rings. The standard InChI is InChI=1S/C17H23N3O/c1-13(2)18-12-16-6-9-20(19-16)8-5-14-3-4-17-15(11-14)7-10-21-17/h3-4,6,9,11,13,18H,5,7-8,10,12H2,1-2H3. The lowest BCUT2D eigenvalue weighted by Gasteiger charge is -2.06. The fourth-order valence-electron chi connectivity index (χ4n) is 2.57. The second-order valence-electron chi connectivity index (χ2n) is 5.90. The van der Waals surface area contributed by atoms with Gasteiger partial charge in [-0.25, -0.2) is 0 Å². The first-order chi connectivity index (χ1) is 10.2. The molecular weight excluding hydrogens is 262 g/mol. The zero-order valence-electron chi connectivity index (χ0n) is 12.8. The van der Waals surface area contributed by atoms with E-state index < -0.39 is 0 Å². The maximum atomic E-state index is 5.54. The van der Waals surface area contributed by atoms with Crippen LogP contribution in [-0.4, -0.2) is 22.4 Å². The number of aromatic nitrogens is 2. The molecule has 0 fully saturated rings. The van der Waals surface area contributed by atoms with Crippen LogP contribution in [-0.2, 0) is 25.9 Å². The van der Waals surface area contributed by atoms with Crippen molar-refractivity contribution in [3.63, 3.8) is 0 Å². The molecule has 112 valence electrons. The summed E-state index contributed by atoms with van der Waals surface area (Å²) in [6.45, 7) is 6.87. The molecule has 0 radical (unpaired) electrons. The zero-order valence-corrected chi connectivity index (χ0v) is 12.8. The van der Waals surface area contributed by atoms with Crippen LogP contribution in [0.2, 0.25) is 0 Å². The van der Waals surface area contributed by atoms with Gasteiger partial charge in [-0.05, 0) is 29.7 Å². The fraction of sp³-hybridized carbons (Fsp3) is 0.471. The summed E-state index contributed by atoms with van der Waals surface area (Å²) >= 11 is 0. The third kappa shape index (κ3) is 3.64. The van der Waals surface area contributed by atoms with Crippen molar-refractivity contribution in [2.24, 2.45) is 0 Å². The molecule has 0 saturated heterocycles. The number of nitrogens with zero attached hydrogens (tertiary/aromatic N) is 2. The molecule has 3 rings (SSSR count). The molecule has 2 aromatic rings. The summed E-state index contributed by atoms with van der Waals surface area (Å²) in [5.74, 6) is 1.06. The second-order valence-corrected chi connectivity index (χ2v) is 5.90. The fourth-order valence-corrected chi connectivity index (χ4v) is 2.57. The van der Waals surface area contributed by atoms with Crippen molar-refractivity contribution in [2.45, 2.75) is 45.8 Å². The van der Waals surface area contributed by atoms with E-state index in [0.29, 0.717) is 6.04 Å². The lowest BCUT2D eigenvalue weighted by atomic mass is 10.1. The molecule has 0 bridgehead atoms. The number of hydrogen-bond donors (Lipinski definition) is 1. The van der Waals surface area contributed by atoms with Crippen LogP contribution in [0.5, 0.6) is 5.75 Å². The summed E-state index contributed by atoms with van der Waals surface area (Å²) < 4.78 is 7.57. The summed E-state index contributed by atoms with van der Waals surface area (Å²) in [5, 5.41) is 7.99. The molecule has 2 heterocycles. The van der Waals surface area contributed by atoms with Gasteiger partial charge in [-0.2, -0.15) is 5.10 Å². The first-order valence-corrected chi connectivity index (χ1v) is 7.71. The molecule has 1 aromatic carbocycles. The van der Waals surface area contributed by atoms with Gasteiger partial charge in [0.2, 0.25) is 0 Å². The molecule has 0 aliphatic carbocycles. The van der Waals surface area contributed by atoms with Gasteiger partial charge in [0.25, 0.3) is 0 Å². The molecule has 1 aliphatic heterocycles. The molecule has 1 aromatic heterocycles. The van der Waals surface area contributed by atoms with E-state index in [4.69, 9.17) is 4.74 Å². The van der Waals surface area contributed by atoms with E-state index in [9.17, 15) is 0 Å². The SMILES string of the molecule is CC(C)NCc1ccn(CCc2ccc3c(c2)CCO3)n1. The Morgan fingerprint density at radius 3 is 3.10 bits per heavy atom. The van der Waals surface area contributed by atoms with Crippen LogP contribution in [0.25, 0.3) is 0 Å². The Bertz CT molecular complexity index is 604. The Morgan fingerprint density at radius 2 is 2.24 bits per heavy atom. The largest absolute Gasteiger partial charge is 0.493 e. The highest BCUT2D eigenvalue weighted by Gasteiger charge is 2.11. The maximum absolute atomic E-state index is 5.54. The summed E-state index contributed by atoms with van der Waals surface area (Å²) in [7, 11) is 0. The molecule has 0 unspecified atom stereocenters. The average molecular weight is 285 g/mol. The molecule has 21 heavy (non-hydrogen) atoms. The van der Waals surface area contributed by atoms with Crippen molar-refractivity contribution in [1.29, 1.82) is 0 Å². The second kappa shape index (κ2) is 6.31. The van der Waals surface area contributed by atoms with Gasteiger partial charge in [0.1, 0.15) is 5.75 Å². The van der Waals surface area contributed by atoms with E-state index in [-0.39, 0.29) is 0 Å². The van der Waals surface area contributed by atoms with Gasteiger partial charge in [-0.3, -0.25) is 4.68 Å². The van der Waals surface area contributed by atoms with Crippen LogP contribution in [0.4, 0.5) is 0 Å². The molecule has 0 saturated carbocycles. The van der Waals surface area contributed by atoms with Crippen molar-refractivity contribution >= 4 is 0 Å². The van der Waals surface area contributed by atoms with Crippen LogP contribution in [0.15, 0.2) is 30.5 Å². The highest BCUT2D eigenvalue weighted by Crippen LogP contribution is 2.26. The number of benzene rings is 1. The van der Waals surface area contributed by atoms with Crippen LogP contribution >= 0.6 is 0 Å². The first kappa shape index (κ1) is 14.1. The van der Waals surface area contributed by atoms with Crippen molar-refractivity contribution in [2.75, 3.05) is 6.61 Å². The smallest absolute Gasteiger partial charge is 0.122 e. The predicted octanol–water partition coefficient (Wildman–Crippen LogP) is 2.56. The van der Waals surface area contributed by atoms with Gasteiger partial charge in [-0.1, -0.05) is 26.0 Å². The number of aryl methyl sites for hydroxylation is 2. The lowest BCUT2D eigenvalue weighted by molar-refractivity contribution is 0.357. The molecule has 4 heteroatoms. The summed E-state index contributed by atoms with van der Waals surface area (Å²) in [5.41, 5.74) is 3.80. The number of fused-ring (bicyclic) bond motifs is 1. The van der Waals surface area contributed by atoms with E-state index in [0.717, 1.165) is 44.0 Å². The Balaban J connectivity index is 1.55. The normalized spacial score (nSPS) is 13.5. The van der Waals surface area contributed by atoms with Crippen LogP contribution in [0.3, 0.4) is 0 Å². The lowest BCUT2D eigenvalue weighted by Crippen LogP contribution is -2.22. The van der Waals surface area contributed by atoms with Crippen molar-refractivity contribution in [3.05, 3.63) is 47.3 Å².